The summed E-state index contributed by atoms with van der Waals surface area (Å²) in [4.78, 5) is 3.63. The zero-order valence-electron chi connectivity index (χ0n) is 6.05. The molecule has 0 aromatic carbocycles. The predicted octanol–water partition coefficient (Wildman–Crippen LogP) is 2.00. The second-order valence-electron chi connectivity index (χ2n) is 2.27. The second-order valence-corrected chi connectivity index (χ2v) is 2.66. The van der Waals surface area contributed by atoms with Crippen LogP contribution < -0.4 is 5.73 Å². The van der Waals surface area contributed by atoms with Crippen LogP contribution in [0.25, 0.3) is 0 Å². The van der Waals surface area contributed by atoms with Crippen molar-refractivity contribution in [1.29, 1.82) is 0 Å². The lowest BCUT2D eigenvalue weighted by atomic mass is 10.1. The number of pyridine rings is 1. The van der Waals surface area contributed by atoms with Crippen molar-refractivity contribution in [1.82, 2.24) is 4.98 Å². The Morgan fingerprint density at radius 3 is 2.50 bits per heavy atom. The number of nitrogens with zero attached hydrogens (tertiary/aromatic N) is 1. The van der Waals surface area contributed by atoms with Gasteiger partial charge in [-0.3, -0.25) is 0 Å². The summed E-state index contributed by atoms with van der Waals surface area (Å²) in [5, 5.41) is 0.264. The molecule has 1 aromatic rings. The normalized spacial score (nSPS) is 13.4. The highest BCUT2D eigenvalue weighted by atomic mass is 35.5. The van der Waals surface area contributed by atoms with Gasteiger partial charge in [0.1, 0.15) is 5.15 Å². The molecule has 1 rings (SSSR count). The molecule has 66 valence electrons. The third kappa shape index (κ3) is 2.12. The molecular weight excluding hydrogens is 186 g/mol. The van der Waals surface area contributed by atoms with Gasteiger partial charge in [0, 0.05) is 6.20 Å². The van der Waals surface area contributed by atoms with E-state index in [1.54, 1.807) is 0 Å². The molecule has 2 nitrogen and oxygen atoms in total. The van der Waals surface area contributed by atoms with E-state index >= 15 is 0 Å². The molecule has 0 aliphatic rings. The third-order valence-electron chi connectivity index (χ3n) is 1.41. The van der Waals surface area contributed by atoms with Gasteiger partial charge < -0.3 is 5.73 Å². The molecule has 0 aliphatic heterocycles. The highest BCUT2D eigenvalue weighted by Gasteiger charge is 2.17. The van der Waals surface area contributed by atoms with Crippen LogP contribution in [-0.4, -0.2) is 11.4 Å². The van der Waals surface area contributed by atoms with Crippen LogP contribution in [0.5, 0.6) is 0 Å². The molecule has 12 heavy (non-hydrogen) atoms. The summed E-state index contributed by atoms with van der Waals surface area (Å²) < 4.78 is 24.1. The third-order valence-corrected chi connectivity index (χ3v) is 1.63. The molecule has 0 saturated heterocycles. The van der Waals surface area contributed by atoms with Crippen molar-refractivity contribution in [3.63, 3.8) is 0 Å². The number of halogens is 3. The first kappa shape index (κ1) is 9.35. The first-order chi connectivity index (χ1) is 5.61. The number of rotatable bonds is 2. The Labute approximate surface area is 73.4 Å². The van der Waals surface area contributed by atoms with Crippen molar-refractivity contribution in [2.24, 2.45) is 5.73 Å². The number of hydrogen-bond acceptors (Lipinski definition) is 2. The van der Waals surface area contributed by atoms with Crippen molar-refractivity contribution in [3.8, 4) is 0 Å². The molecule has 0 unspecified atom stereocenters. The molecule has 0 spiro atoms. The van der Waals surface area contributed by atoms with Gasteiger partial charge in [-0.15, -0.1) is 0 Å². The van der Waals surface area contributed by atoms with Crippen LogP contribution in [0.2, 0.25) is 5.15 Å². The van der Waals surface area contributed by atoms with Crippen LogP contribution in [0, 0.1) is 0 Å². The summed E-state index contributed by atoms with van der Waals surface area (Å²) in [5.74, 6) is 0. The smallest absolute Gasteiger partial charge is 0.257 e. The summed E-state index contributed by atoms with van der Waals surface area (Å²) in [6.07, 6.45) is -1.33. The number of aromatic nitrogens is 1. The Morgan fingerprint density at radius 1 is 1.42 bits per heavy atom. The average Bonchev–Trinajstić information content (AvgIpc) is 2.04. The summed E-state index contributed by atoms with van der Waals surface area (Å²) in [6.45, 7) is 0. The van der Waals surface area contributed by atoms with Crippen molar-refractivity contribution in [2.45, 2.75) is 12.5 Å². The Morgan fingerprint density at radius 2 is 2.08 bits per heavy atom. The first-order valence-corrected chi connectivity index (χ1v) is 3.64. The zero-order valence-corrected chi connectivity index (χ0v) is 6.80. The highest BCUT2D eigenvalue weighted by molar-refractivity contribution is 6.29. The molecule has 1 aromatic heterocycles. The summed E-state index contributed by atoms with van der Waals surface area (Å²) in [7, 11) is 0. The Hall–Kier alpha value is -0.740. The van der Waals surface area contributed by atoms with E-state index in [0.717, 1.165) is 0 Å². The zero-order chi connectivity index (χ0) is 9.14. The summed E-state index contributed by atoms with van der Waals surface area (Å²) >= 11 is 5.46. The van der Waals surface area contributed by atoms with Crippen LogP contribution in [0.15, 0.2) is 18.3 Å². The first-order valence-electron chi connectivity index (χ1n) is 3.26. The maximum absolute atomic E-state index is 12.0. The molecule has 0 fully saturated rings. The van der Waals surface area contributed by atoms with E-state index in [1.165, 1.54) is 18.3 Å². The predicted molar refractivity (Wildman–Crippen MR) is 42.2 cm³/mol. The highest BCUT2D eigenvalue weighted by Crippen LogP contribution is 2.17. The minimum absolute atomic E-state index is 0.264. The van der Waals surface area contributed by atoms with E-state index in [1.807, 2.05) is 0 Å². The van der Waals surface area contributed by atoms with E-state index in [9.17, 15) is 8.78 Å². The largest absolute Gasteiger partial charge is 0.319 e. The van der Waals surface area contributed by atoms with Gasteiger partial charge >= 0.3 is 0 Å². The molecule has 0 amide bonds. The Bertz CT molecular complexity index is 250. The van der Waals surface area contributed by atoms with Crippen molar-refractivity contribution in [3.05, 3.63) is 29.0 Å². The van der Waals surface area contributed by atoms with E-state index in [2.05, 4.69) is 4.98 Å². The number of nitrogens with two attached hydrogens (primary N) is 1. The molecular formula is C7H7ClF2N2. The minimum atomic E-state index is -2.58. The van der Waals surface area contributed by atoms with Gasteiger partial charge in [-0.25, -0.2) is 13.8 Å². The quantitative estimate of drug-likeness (QED) is 0.728. The molecule has 5 heteroatoms. The number of alkyl halides is 2. The molecule has 1 atom stereocenters. The Balaban J connectivity index is 2.82. The summed E-state index contributed by atoms with van der Waals surface area (Å²) in [6, 6.07) is 1.58. The van der Waals surface area contributed by atoms with Gasteiger partial charge in [-0.05, 0) is 11.6 Å². The van der Waals surface area contributed by atoms with Gasteiger partial charge in [0.15, 0.2) is 0 Å². The maximum Gasteiger partial charge on any atom is 0.257 e. The van der Waals surface area contributed by atoms with Crippen LogP contribution in [0.1, 0.15) is 11.6 Å². The lowest BCUT2D eigenvalue weighted by Crippen LogP contribution is -2.18. The molecule has 0 saturated carbocycles. The molecule has 0 aliphatic carbocycles. The maximum atomic E-state index is 12.0. The topological polar surface area (TPSA) is 38.9 Å². The van der Waals surface area contributed by atoms with Gasteiger partial charge in [-0.1, -0.05) is 17.7 Å². The van der Waals surface area contributed by atoms with Crippen LogP contribution >= 0.6 is 11.6 Å². The van der Waals surface area contributed by atoms with Crippen molar-refractivity contribution >= 4 is 11.6 Å². The van der Waals surface area contributed by atoms with Gasteiger partial charge in [0.25, 0.3) is 6.43 Å². The van der Waals surface area contributed by atoms with Crippen molar-refractivity contribution < 1.29 is 8.78 Å². The molecule has 0 radical (unpaired) electrons. The fraction of sp³-hybridized carbons (Fsp3) is 0.286. The van der Waals surface area contributed by atoms with Crippen LogP contribution in [0.3, 0.4) is 0 Å². The molecule has 2 N–H and O–H groups in total. The van der Waals surface area contributed by atoms with E-state index in [4.69, 9.17) is 17.3 Å². The van der Waals surface area contributed by atoms with Crippen molar-refractivity contribution in [2.75, 3.05) is 0 Å². The van der Waals surface area contributed by atoms with E-state index < -0.39 is 12.5 Å². The lowest BCUT2D eigenvalue weighted by molar-refractivity contribution is 0.116. The summed E-state index contributed by atoms with van der Waals surface area (Å²) in [5.41, 5.74) is 5.44. The van der Waals surface area contributed by atoms with E-state index in [0.29, 0.717) is 0 Å². The average molecular weight is 193 g/mol. The van der Waals surface area contributed by atoms with E-state index in [-0.39, 0.29) is 10.7 Å². The van der Waals surface area contributed by atoms with Gasteiger partial charge in [-0.2, -0.15) is 0 Å². The van der Waals surface area contributed by atoms with Gasteiger partial charge in [0.05, 0.1) is 6.04 Å². The monoisotopic (exact) mass is 192 g/mol. The standard InChI is InChI=1S/C7H7ClF2N2/c8-5-2-1-4(3-12-5)6(11)7(9)10/h1-3,6-7H,11H2/t6-/m0/s1. The second kappa shape index (κ2) is 3.78. The van der Waals surface area contributed by atoms with Gasteiger partial charge in [0.2, 0.25) is 0 Å². The number of hydrogen-bond donors (Lipinski definition) is 1. The fourth-order valence-corrected chi connectivity index (χ4v) is 0.842. The fourth-order valence-electron chi connectivity index (χ4n) is 0.730. The lowest BCUT2D eigenvalue weighted by Gasteiger charge is -2.09. The van der Waals surface area contributed by atoms with Crippen LogP contribution in [0.4, 0.5) is 8.78 Å². The SMILES string of the molecule is N[C@@H](c1ccc(Cl)nc1)C(F)F. The molecule has 1 heterocycles. The minimum Gasteiger partial charge on any atom is -0.319 e. The Kier molecular flexibility index (Phi) is 2.94. The molecule has 0 bridgehead atoms. The van der Waals surface area contributed by atoms with Crippen LogP contribution in [-0.2, 0) is 0 Å².